The second kappa shape index (κ2) is 7.20. The fourth-order valence-corrected chi connectivity index (χ4v) is 5.65. The van der Waals surface area contributed by atoms with Crippen molar-refractivity contribution >= 4 is 43.9 Å². The number of phenols is 1. The summed E-state index contributed by atoms with van der Waals surface area (Å²) < 4.78 is 5.97. The molecule has 0 saturated heterocycles. The predicted molar refractivity (Wildman–Crippen MR) is 127 cm³/mol. The lowest BCUT2D eigenvalue weighted by atomic mass is 9.63. The van der Waals surface area contributed by atoms with Crippen molar-refractivity contribution in [2.75, 3.05) is 7.11 Å². The fourth-order valence-electron chi connectivity index (χ4n) is 5.19. The van der Waals surface area contributed by atoms with E-state index in [0.717, 1.165) is 39.7 Å². The average Bonchev–Trinajstić information content (AvgIpc) is 2.73. The normalized spacial score (nSPS) is 21.9. The number of ether oxygens (including phenoxy) is 1. The van der Waals surface area contributed by atoms with Gasteiger partial charge in [-0.3, -0.25) is 9.79 Å². The van der Waals surface area contributed by atoms with Gasteiger partial charge in [0, 0.05) is 23.4 Å². The highest BCUT2D eigenvalue weighted by Gasteiger charge is 2.46. The number of halogens is 1. The molecule has 1 N–H and O–H groups in total. The highest BCUT2D eigenvalue weighted by atomic mass is 79.9. The van der Waals surface area contributed by atoms with Gasteiger partial charge in [0.15, 0.2) is 11.5 Å². The van der Waals surface area contributed by atoms with E-state index in [2.05, 4.69) is 54.0 Å². The van der Waals surface area contributed by atoms with Gasteiger partial charge in [-0.25, -0.2) is 0 Å². The van der Waals surface area contributed by atoms with E-state index in [1.54, 1.807) is 0 Å². The van der Waals surface area contributed by atoms with Crippen LogP contribution >= 0.6 is 15.9 Å². The Morgan fingerprint density at radius 1 is 1.10 bits per heavy atom. The van der Waals surface area contributed by atoms with Crippen LogP contribution in [0.5, 0.6) is 11.5 Å². The van der Waals surface area contributed by atoms with E-state index < -0.39 is 0 Å². The number of rotatable bonds is 2. The first-order valence-electron chi connectivity index (χ1n) is 10.5. The number of nitrogens with zero attached hydrogens (tertiary/aromatic N) is 1. The van der Waals surface area contributed by atoms with Crippen molar-refractivity contribution in [1.29, 1.82) is 0 Å². The molecular weight excluding hydrogens is 454 g/mol. The lowest BCUT2D eigenvalue weighted by Gasteiger charge is -2.41. The zero-order chi connectivity index (χ0) is 21.9. The molecule has 4 nitrogen and oxygen atoms in total. The van der Waals surface area contributed by atoms with Crippen molar-refractivity contribution in [3.63, 3.8) is 0 Å². The zero-order valence-electron chi connectivity index (χ0n) is 17.8. The van der Waals surface area contributed by atoms with Gasteiger partial charge in [-0.2, -0.15) is 0 Å². The first-order valence-corrected chi connectivity index (χ1v) is 11.3. The monoisotopic (exact) mass is 477 g/mol. The molecule has 2 atom stereocenters. The number of carbonyl (C=O) groups is 1. The van der Waals surface area contributed by atoms with E-state index in [0.29, 0.717) is 16.6 Å². The second-order valence-corrected chi connectivity index (χ2v) is 10.2. The third-order valence-corrected chi connectivity index (χ3v) is 7.11. The summed E-state index contributed by atoms with van der Waals surface area (Å²) in [7, 11) is 1.54. The molecular formula is C26H24BrNO3. The molecule has 0 aromatic heterocycles. The SMILES string of the molecule is COc1cc(C2c3ccc4ccccc4c3N=C3CC(C)(C)CC(=O)C32)cc(Br)c1O. The molecule has 3 aromatic rings. The summed E-state index contributed by atoms with van der Waals surface area (Å²) in [5.74, 6) is 0.191. The minimum Gasteiger partial charge on any atom is -0.503 e. The standard InChI is InChI=1S/C26H24BrNO3/c1-26(2)12-19-23(20(29)13-26)22(15-10-18(27)25(30)21(11-15)31-3)17-9-8-14-6-4-5-7-16(14)24(17)28-19/h4-11,22-23,30H,12-13H2,1-3H3. The molecule has 0 amide bonds. The van der Waals surface area contributed by atoms with Crippen LogP contribution in [-0.4, -0.2) is 23.7 Å². The maximum absolute atomic E-state index is 13.4. The summed E-state index contributed by atoms with van der Waals surface area (Å²) in [4.78, 5) is 18.5. The molecule has 0 bridgehead atoms. The van der Waals surface area contributed by atoms with Crippen LogP contribution in [0, 0.1) is 11.3 Å². The molecule has 0 spiro atoms. The number of Topliss-reactive ketones (excluding diaryl/α,β-unsaturated/α-hetero) is 1. The molecule has 0 radical (unpaired) electrons. The number of hydrogen-bond acceptors (Lipinski definition) is 4. The lowest BCUT2D eigenvalue weighted by molar-refractivity contribution is -0.124. The van der Waals surface area contributed by atoms with E-state index in [1.807, 2.05) is 24.3 Å². The molecule has 2 aliphatic rings. The number of fused-ring (bicyclic) bond motifs is 4. The van der Waals surface area contributed by atoms with Crippen molar-refractivity contribution in [3.05, 3.63) is 64.1 Å². The van der Waals surface area contributed by atoms with Crippen LogP contribution in [0.3, 0.4) is 0 Å². The highest BCUT2D eigenvalue weighted by molar-refractivity contribution is 9.10. The molecule has 1 fully saturated rings. The maximum atomic E-state index is 13.4. The Labute approximate surface area is 190 Å². The molecule has 5 rings (SSSR count). The van der Waals surface area contributed by atoms with E-state index in [4.69, 9.17) is 9.73 Å². The van der Waals surface area contributed by atoms with Gasteiger partial charge >= 0.3 is 0 Å². The fraction of sp³-hybridized carbons (Fsp3) is 0.308. The quantitative estimate of drug-likeness (QED) is 0.455. The Balaban J connectivity index is 1.80. The molecule has 5 heteroatoms. The van der Waals surface area contributed by atoms with E-state index in [1.165, 1.54) is 7.11 Å². The number of carbonyl (C=O) groups excluding carboxylic acids is 1. The highest BCUT2D eigenvalue weighted by Crippen LogP contribution is 2.52. The van der Waals surface area contributed by atoms with Crippen LogP contribution in [0.4, 0.5) is 5.69 Å². The Morgan fingerprint density at radius 3 is 2.65 bits per heavy atom. The third-order valence-electron chi connectivity index (χ3n) is 6.50. The molecule has 1 saturated carbocycles. The predicted octanol–water partition coefficient (Wildman–Crippen LogP) is 6.54. The van der Waals surface area contributed by atoms with Crippen LogP contribution in [0.15, 0.2) is 58.0 Å². The van der Waals surface area contributed by atoms with Crippen LogP contribution in [0.1, 0.15) is 43.7 Å². The number of benzene rings is 3. The number of phenolic OH excluding ortho intramolecular Hbond substituents is 1. The van der Waals surface area contributed by atoms with Gasteiger partial charge in [0.2, 0.25) is 0 Å². The second-order valence-electron chi connectivity index (χ2n) is 9.32. The maximum Gasteiger partial charge on any atom is 0.172 e. The Kier molecular flexibility index (Phi) is 4.70. The van der Waals surface area contributed by atoms with Crippen molar-refractivity contribution in [2.45, 2.75) is 32.6 Å². The summed E-state index contributed by atoms with van der Waals surface area (Å²) in [6.07, 6.45) is 1.32. The van der Waals surface area contributed by atoms with Crippen LogP contribution in [0.2, 0.25) is 0 Å². The number of ketones is 1. The summed E-state index contributed by atoms with van der Waals surface area (Å²) >= 11 is 3.46. The molecule has 158 valence electrons. The summed E-state index contributed by atoms with van der Waals surface area (Å²) in [5, 5.41) is 12.6. The Morgan fingerprint density at radius 2 is 1.87 bits per heavy atom. The number of aromatic hydroxyl groups is 1. The molecule has 1 aliphatic heterocycles. The Hall–Kier alpha value is -2.66. The van der Waals surface area contributed by atoms with E-state index in [-0.39, 0.29) is 28.8 Å². The third kappa shape index (κ3) is 3.26. The van der Waals surface area contributed by atoms with Crippen LogP contribution < -0.4 is 4.74 Å². The first kappa shape index (κ1) is 20.3. The van der Waals surface area contributed by atoms with Gasteiger partial charge in [-0.15, -0.1) is 0 Å². The minimum absolute atomic E-state index is 0.0609. The summed E-state index contributed by atoms with van der Waals surface area (Å²) in [5.41, 5.74) is 3.77. The lowest BCUT2D eigenvalue weighted by Crippen LogP contribution is -2.42. The summed E-state index contributed by atoms with van der Waals surface area (Å²) in [6.45, 7) is 4.27. The number of methoxy groups -OCH3 is 1. The largest absolute Gasteiger partial charge is 0.503 e. The van der Waals surface area contributed by atoms with Gasteiger partial charge in [0.1, 0.15) is 5.78 Å². The molecule has 2 unspecified atom stereocenters. The average molecular weight is 478 g/mol. The van der Waals surface area contributed by atoms with Gasteiger partial charge in [0.25, 0.3) is 0 Å². The van der Waals surface area contributed by atoms with Crippen LogP contribution in [0.25, 0.3) is 10.8 Å². The number of hydrogen-bond donors (Lipinski definition) is 1. The van der Waals surface area contributed by atoms with Gasteiger partial charge < -0.3 is 9.84 Å². The van der Waals surface area contributed by atoms with E-state index in [9.17, 15) is 9.90 Å². The first-order chi connectivity index (χ1) is 14.8. The van der Waals surface area contributed by atoms with Crippen molar-refractivity contribution in [2.24, 2.45) is 16.3 Å². The Bertz CT molecular complexity index is 1260. The molecule has 31 heavy (non-hydrogen) atoms. The molecule has 1 aliphatic carbocycles. The van der Waals surface area contributed by atoms with Crippen molar-refractivity contribution < 1.29 is 14.6 Å². The number of aliphatic imine (C=N–C) groups is 1. The van der Waals surface area contributed by atoms with Crippen molar-refractivity contribution in [3.8, 4) is 11.5 Å². The minimum atomic E-state index is -0.303. The molecule has 3 aromatic carbocycles. The van der Waals surface area contributed by atoms with Crippen LogP contribution in [-0.2, 0) is 4.79 Å². The van der Waals surface area contributed by atoms with Gasteiger partial charge in [0.05, 0.1) is 23.2 Å². The molecule has 1 heterocycles. The van der Waals surface area contributed by atoms with Gasteiger partial charge in [-0.05, 0) is 56.4 Å². The topological polar surface area (TPSA) is 58.9 Å². The smallest absolute Gasteiger partial charge is 0.172 e. The van der Waals surface area contributed by atoms with E-state index >= 15 is 0 Å². The van der Waals surface area contributed by atoms with Gasteiger partial charge in [-0.1, -0.05) is 50.2 Å². The zero-order valence-corrected chi connectivity index (χ0v) is 19.4. The summed E-state index contributed by atoms with van der Waals surface area (Å²) in [6, 6.07) is 16.2. The van der Waals surface area contributed by atoms with Crippen molar-refractivity contribution in [1.82, 2.24) is 0 Å².